The SMILES string of the molecule is COc1ccc(CCNC(=O)C(=O)N/N=C\c2cc(Br)ccc2OCC(=O)Nc2cccc(Cl)c2)cc1OC. The maximum absolute atomic E-state index is 12.3. The minimum Gasteiger partial charge on any atom is -0.493 e. The van der Waals surface area contributed by atoms with Crippen LogP contribution in [0.4, 0.5) is 5.69 Å². The number of carbonyl (C=O) groups is 3. The van der Waals surface area contributed by atoms with Crippen LogP contribution in [0, 0.1) is 0 Å². The molecule has 39 heavy (non-hydrogen) atoms. The Kier molecular flexibility index (Phi) is 11.1. The van der Waals surface area contributed by atoms with Crippen molar-refractivity contribution < 1.29 is 28.6 Å². The lowest BCUT2D eigenvalue weighted by Crippen LogP contribution is -2.38. The zero-order valence-electron chi connectivity index (χ0n) is 21.1. The van der Waals surface area contributed by atoms with Gasteiger partial charge in [0.15, 0.2) is 18.1 Å². The third-order valence-corrected chi connectivity index (χ3v) is 5.89. The summed E-state index contributed by atoms with van der Waals surface area (Å²) >= 11 is 9.29. The van der Waals surface area contributed by atoms with Crippen molar-refractivity contribution in [3.8, 4) is 17.2 Å². The Morgan fingerprint density at radius 2 is 1.72 bits per heavy atom. The number of anilines is 1. The molecule has 0 saturated carbocycles. The average Bonchev–Trinajstić information content (AvgIpc) is 2.92. The minimum absolute atomic E-state index is 0.228. The van der Waals surface area contributed by atoms with Gasteiger partial charge >= 0.3 is 11.8 Å². The quantitative estimate of drug-likeness (QED) is 0.170. The van der Waals surface area contributed by atoms with Crippen molar-refractivity contribution in [2.45, 2.75) is 6.42 Å². The Hall–Kier alpha value is -4.09. The highest BCUT2D eigenvalue weighted by atomic mass is 79.9. The smallest absolute Gasteiger partial charge is 0.329 e. The van der Waals surface area contributed by atoms with E-state index in [9.17, 15) is 14.4 Å². The van der Waals surface area contributed by atoms with Gasteiger partial charge in [0.05, 0.1) is 20.4 Å². The first kappa shape index (κ1) is 29.5. The summed E-state index contributed by atoms with van der Waals surface area (Å²) in [7, 11) is 3.09. The number of hydrogen-bond acceptors (Lipinski definition) is 7. The van der Waals surface area contributed by atoms with Crippen LogP contribution in [0.5, 0.6) is 17.2 Å². The monoisotopic (exact) mass is 616 g/mol. The first-order valence-corrected chi connectivity index (χ1v) is 12.8. The maximum Gasteiger partial charge on any atom is 0.329 e. The number of benzene rings is 3. The van der Waals surface area contributed by atoms with Crippen molar-refractivity contribution in [3.63, 3.8) is 0 Å². The van der Waals surface area contributed by atoms with Crippen LogP contribution in [0.15, 0.2) is 70.2 Å². The summed E-state index contributed by atoms with van der Waals surface area (Å²) in [5, 5.41) is 9.57. The molecule has 0 aliphatic heterocycles. The summed E-state index contributed by atoms with van der Waals surface area (Å²) in [5.41, 5.74) is 4.09. The molecule has 0 unspecified atom stereocenters. The molecular formula is C27H26BrClN4O6. The van der Waals surface area contributed by atoms with Crippen LogP contribution in [0.3, 0.4) is 0 Å². The van der Waals surface area contributed by atoms with Crippen molar-refractivity contribution in [3.05, 3.63) is 81.3 Å². The lowest BCUT2D eigenvalue weighted by atomic mass is 10.1. The van der Waals surface area contributed by atoms with Gasteiger partial charge in [0.1, 0.15) is 5.75 Å². The van der Waals surface area contributed by atoms with Gasteiger partial charge < -0.3 is 24.8 Å². The highest BCUT2D eigenvalue weighted by Crippen LogP contribution is 2.27. The lowest BCUT2D eigenvalue weighted by molar-refractivity contribution is -0.139. The molecule has 3 N–H and O–H groups in total. The highest BCUT2D eigenvalue weighted by molar-refractivity contribution is 9.10. The first-order valence-electron chi connectivity index (χ1n) is 11.6. The largest absolute Gasteiger partial charge is 0.493 e. The number of carbonyl (C=O) groups excluding carboxylic acids is 3. The third kappa shape index (κ3) is 9.31. The fourth-order valence-corrected chi connectivity index (χ4v) is 3.88. The molecule has 0 fully saturated rings. The highest BCUT2D eigenvalue weighted by Gasteiger charge is 2.13. The van der Waals surface area contributed by atoms with Crippen molar-refractivity contribution in [1.82, 2.24) is 10.7 Å². The number of rotatable bonds is 11. The Balaban J connectivity index is 1.49. The zero-order valence-corrected chi connectivity index (χ0v) is 23.5. The summed E-state index contributed by atoms with van der Waals surface area (Å²) in [5.74, 6) is -0.640. The first-order chi connectivity index (χ1) is 18.8. The summed E-state index contributed by atoms with van der Waals surface area (Å²) in [6.45, 7) is -0.0455. The van der Waals surface area contributed by atoms with Gasteiger partial charge in [-0.25, -0.2) is 5.43 Å². The standard InChI is InChI=1S/C27H26BrClN4O6/c1-37-23-8-6-17(12-24(23)38-2)10-11-30-26(35)27(36)33-31-15-18-13-19(28)7-9-22(18)39-16-25(34)32-21-5-3-4-20(29)14-21/h3-9,12-15H,10-11,16H2,1-2H3,(H,30,35)(H,32,34)(H,33,36)/b31-15-. The third-order valence-electron chi connectivity index (χ3n) is 5.16. The summed E-state index contributed by atoms with van der Waals surface area (Å²) in [6.07, 6.45) is 1.79. The molecule has 0 spiro atoms. The van der Waals surface area contributed by atoms with E-state index in [1.54, 1.807) is 61.7 Å². The van der Waals surface area contributed by atoms with Gasteiger partial charge in [-0.05, 0) is 60.5 Å². The van der Waals surface area contributed by atoms with Gasteiger partial charge in [-0.2, -0.15) is 5.10 Å². The second-order valence-corrected chi connectivity index (χ2v) is 9.28. The molecule has 0 bridgehead atoms. The fourth-order valence-electron chi connectivity index (χ4n) is 3.31. The molecule has 204 valence electrons. The van der Waals surface area contributed by atoms with E-state index in [1.165, 1.54) is 13.3 Å². The van der Waals surface area contributed by atoms with Crippen molar-refractivity contribution >= 4 is 57.2 Å². The van der Waals surface area contributed by atoms with Crippen LogP contribution < -0.4 is 30.3 Å². The van der Waals surface area contributed by atoms with Crippen molar-refractivity contribution in [2.24, 2.45) is 5.10 Å². The number of hydrogen-bond donors (Lipinski definition) is 3. The summed E-state index contributed by atoms with van der Waals surface area (Å²) < 4.78 is 16.8. The van der Waals surface area contributed by atoms with E-state index in [0.717, 1.165) is 10.0 Å². The molecule has 3 aromatic carbocycles. The van der Waals surface area contributed by atoms with E-state index in [0.29, 0.717) is 39.9 Å². The van der Waals surface area contributed by atoms with Crippen LogP contribution >= 0.6 is 27.5 Å². The number of hydrazone groups is 1. The van der Waals surface area contributed by atoms with E-state index >= 15 is 0 Å². The number of nitrogens with zero attached hydrogens (tertiary/aromatic N) is 1. The van der Waals surface area contributed by atoms with Crippen molar-refractivity contribution in [2.75, 3.05) is 32.7 Å². The average molecular weight is 618 g/mol. The Morgan fingerprint density at radius 3 is 2.46 bits per heavy atom. The van der Waals surface area contributed by atoms with Crippen molar-refractivity contribution in [1.29, 1.82) is 0 Å². The number of amides is 3. The molecule has 0 aliphatic rings. The molecular weight excluding hydrogens is 592 g/mol. The molecule has 0 saturated heterocycles. The lowest BCUT2D eigenvalue weighted by Gasteiger charge is -2.10. The molecule has 0 atom stereocenters. The van der Waals surface area contributed by atoms with Crippen LogP contribution in [-0.2, 0) is 20.8 Å². The summed E-state index contributed by atoms with van der Waals surface area (Å²) in [6, 6.07) is 17.2. The molecule has 12 heteroatoms. The van der Waals surface area contributed by atoms with Gasteiger partial charge in [0.25, 0.3) is 5.91 Å². The van der Waals surface area contributed by atoms with Gasteiger partial charge in [0, 0.05) is 27.3 Å². The van der Waals surface area contributed by atoms with E-state index in [1.807, 2.05) is 6.07 Å². The van der Waals surface area contributed by atoms with Gasteiger partial charge in [0.2, 0.25) is 0 Å². The van der Waals surface area contributed by atoms with E-state index in [-0.39, 0.29) is 19.1 Å². The number of nitrogens with one attached hydrogen (secondary N) is 3. The predicted octanol–water partition coefficient (Wildman–Crippen LogP) is 3.95. The van der Waals surface area contributed by atoms with Crippen LogP contribution in [0.2, 0.25) is 5.02 Å². The molecule has 0 radical (unpaired) electrons. The fraction of sp³-hybridized carbons (Fsp3) is 0.185. The molecule has 3 amide bonds. The van der Waals surface area contributed by atoms with Gasteiger partial charge in [-0.1, -0.05) is 39.7 Å². The molecule has 3 rings (SSSR count). The van der Waals surface area contributed by atoms with Crippen LogP contribution in [0.25, 0.3) is 0 Å². The normalized spacial score (nSPS) is 10.6. The van der Waals surface area contributed by atoms with Gasteiger partial charge in [-0.15, -0.1) is 0 Å². The minimum atomic E-state index is -0.933. The maximum atomic E-state index is 12.3. The Labute approximate surface area is 238 Å². The molecule has 0 aromatic heterocycles. The molecule has 10 nitrogen and oxygen atoms in total. The second kappa shape index (κ2) is 14.7. The number of halogens is 2. The van der Waals surface area contributed by atoms with Crippen LogP contribution in [0.1, 0.15) is 11.1 Å². The zero-order chi connectivity index (χ0) is 28.2. The second-order valence-electron chi connectivity index (χ2n) is 7.92. The summed E-state index contributed by atoms with van der Waals surface area (Å²) in [4.78, 5) is 36.5. The Morgan fingerprint density at radius 1 is 0.949 bits per heavy atom. The Bertz CT molecular complexity index is 1370. The predicted molar refractivity (Wildman–Crippen MR) is 152 cm³/mol. The van der Waals surface area contributed by atoms with E-state index in [2.05, 4.69) is 37.1 Å². The molecule has 3 aromatic rings. The van der Waals surface area contributed by atoms with E-state index < -0.39 is 11.8 Å². The van der Waals surface area contributed by atoms with E-state index in [4.69, 9.17) is 25.8 Å². The van der Waals surface area contributed by atoms with Crippen LogP contribution in [-0.4, -0.2) is 51.3 Å². The van der Waals surface area contributed by atoms with Gasteiger partial charge in [-0.3, -0.25) is 14.4 Å². The molecule has 0 heterocycles. The topological polar surface area (TPSA) is 127 Å². The number of methoxy groups -OCH3 is 2. The number of ether oxygens (including phenoxy) is 3. The molecule has 0 aliphatic carbocycles.